The van der Waals surface area contributed by atoms with Crippen molar-refractivity contribution >= 4 is 33.5 Å². The quantitative estimate of drug-likeness (QED) is 0.440. The van der Waals surface area contributed by atoms with Crippen molar-refractivity contribution in [3.63, 3.8) is 0 Å². The van der Waals surface area contributed by atoms with Crippen LogP contribution in [0.1, 0.15) is 6.42 Å². The van der Waals surface area contributed by atoms with E-state index in [1.165, 1.54) is 16.4 Å². The van der Waals surface area contributed by atoms with Crippen LogP contribution < -0.4 is 10.3 Å². The summed E-state index contributed by atoms with van der Waals surface area (Å²) in [4.78, 5) is 6.51. The molecule has 28 heavy (non-hydrogen) atoms. The van der Waals surface area contributed by atoms with Crippen LogP contribution in [0.4, 0.5) is 0 Å². The van der Waals surface area contributed by atoms with E-state index >= 15 is 0 Å². The molecule has 1 saturated heterocycles. The molecular weight excluding hydrogens is 410 g/mol. The van der Waals surface area contributed by atoms with Crippen LogP contribution in [0.15, 0.2) is 70.5 Å². The van der Waals surface area contributed by atoms with Crippen molar-refractivity contribution in [3.05, 3.63) is 60.7 Å². The Bertz CT molecular complexity index is 798. The molecule has 0 radical (unpaired) electrons. The molecule has 1 unspecified atom stereocenters. The summed E-state index contributed by atoms with van der Waals surface area (Å²) < 4.78 is 25.0. The first kappa shape index (κ1) is 21.7. The Hall–Kier alpha value is -1.03. The highest BCUT2D eigenvalue weighted by molar-refractivity contribution is 7.99. The minimum Gasteiger partial charge on any atom is -0.302 e. The van der Waals surface area contributed by atoms with Crippen LogP contribution in [0.25, 0.3) is 0 Å². The lowest BCUT2D eigenvalue weighted by atomic mass is 10.2. The smallest absolute Gasteiger partial charge is 0.253 e. The fourth-order valence-electron chi connectivity index (χ4n) is 2.89. The van der Waals surface area contributed by atoms with E-state index in [1.807, 2.05) is 36.0 Å². The Kier molecular flexibility index (Phi) is 8.69. The third kappa shape index (κ3) is 7.09. The first-order valence-electron chi connectivity index (χ1n) is 9.44. The van der Waals surface area contributed by atoms with E-state index < -0.39 is 10.0 Å². The number of nitrogens with one attached hydrogen (secondary N) is 2. The summed E-state index contributed by atoms with van der Waals surface area (Å²) in [6, 6.07) is 18.7. The highest BCUT2D eigenvalue weighted by atomic mass is 32.2. The Morgan fingerprint density at radius 1 is 1.00 bits per heavy atom. The molecule has 5 nitrogen and oxygen atoms in total. The normalized spacial score (nSPS) is 16.7. The van der Waals surface area contributed by atoms with E-state index in [2.05, 4.69) is 27.3 Å². The largest absolute Gasteiger partial charge is 0.302 e. The number of nitrogens with zero attached hydrogens (tertiary/aromatic N) is 1. The molecule has 1 aliphatic rings. The highest BCUT2D eigenvalue weighted by Gasteiger charge is 2.18. The average Bonchev–Trinajstić information content (AvgIpc) is 2.75. The maximum Gasteiger partial charge on any atom is 0.253 e. The van der Waals surface area contributed by atoms with Crippen molar-refractivity contribution in [1.82, 2.24) is 15.2 Å². The number of hydrogen-bond acceptors (Lipinski definition) is 6. The summed E-state index contributed by atoms with van der Waals surface area (Å²) in [6.07, 6.45) is 0.891. The lowest BCUT2D eigenvalue weighted by molar-refractivity contribution is 0.282. The van der Waals surface area contributed by atoms with Crippen molar-refractivity contribution in [1.29, 1.82) is 0 Å². The second-order valence-corrected chi connectivity index (χ2v) is 10.6. The van der Waals surface area contributed by atoms with Crippen LogP contribution in [0.3, 0.4) is 0 Å². The number of hydrogen-bond donors (Lipinski definition) is 2. The van der Waals surface area contributed by atoms with Crippen LogP contribution in [-0.4, -0.2) is 56.3 Å². The van der Waals surface area contributed by atoms with Gasteiger partial charge in [0.25, 0.3) is 10.0 Å². The molecule has 2 aromatic carbocycles. The lowest BCUT2D eigenvalue weighted by Gasteiger charge is -2.28. The van der Waals surface area contributed by atoms with Gasteiger partial charge < -0.3 is 4.90 Å². The highest BCUT2D eigenvalue weighted by Crippen LogP contribution is 2.19. The Labute approximate surface area is 176 Å². The fraction of sp³-hybridized carbons (Fsp3) is 0.400. The molecule has 1 fully saturated rings. The molecule has 0 bridgehead atoms. The zero-order valence-electron chi connectivity index (χ0n) is 15.8. The van der Waals surface area contributed by atoms with Gasteiger partial charge in [-0.25, -0.2) is 13.8 Å². The zero-order valence-corrected chi connectivity index (χ0v) is 18.2. The van der Waals surface area contributed by atoms with Crippen LogP contribution in [0.2, 0.25) is 0 Å². The van der Waals surface area contributed by atoms with Crippen LogP contribution in [0, 0.1) is 0 Å². The van der Waals surface area contributed by atoms with Gasteiger partial charge in [-0.15, -0.1) is 16.6 Å². The van der Waals surface area contributed by atoms with Gasteiger partial charge in [-0.2, -0.15) is 11.8 Å². The molecule has 2 N–H and O–H groups in total. The van der Waals surface area contributed by atoms with Crippen molar-refractivity contribution in [3.8, 4) is 0 Å². The van der Waals surface area contributed by atoms with Gasteiger partial charge in [-0.3, -0.25) is 0 Å². The Morgan fingerprint density at radius 3 is 2.32 bits per heavy atom. The standard InChI is InChI=1S/C20H27N3O2S3/c24-28(25,20-9-5-2-6-10-20)22-21-18(11-12-23-13-15-26-16-14-23)17-27-19-7-3-1-4-8-19/h1-10,18,21-22H,11-17H2. The first-order valence-corrected chi connectivity index (χ1v) is 13.1. The van der Waals surface area contributed by atoms with E-state index in [0.29, 0.717) is 0 Å². The average molecular weight is 438 g/mol. The number of thioether (sulfide) groups is 2. The first-order chi connectivity index (χ1) is 13.6. The maximum absolute atomic E-state index is 12.5. The lowest BCUT2D eigenvalue weighted by Crippen LogP contribution is -2.47. The second kappa shape index (κ2) is 11.2. The van der Waals surface area contributed by atoms with Crippen molar-refractivity contribution in [2.75, 3.05) is 36.9 Å². The molecule has 152 valence electrons. The summed E-state index contributed by atoms with van der Waals surface area (Å²) in [5, 5.41) is 0. The predicted octanol–water partition coefficient (Wildman–Crippen LogP) is 3.07. The second-order valence-electron chi connectivity index (χ2n) is 6.63. The van der Waals surface area contributed by atoms with Crippen LogP contribution in [0.5, 0.6) is 0 Å². The maximum atomic E-state index is 12.5. The molecule has 1 aliphatic heterocycles. The monoisotopic (exact) mass is 437 g/mol. The minimum atomic E-state index is -3.57. The number of benzene rings is 2. The van der Waals surface area contributed by atoms with E-state index in [0.717, 1.165) is 31.8 Å². The van der Waals surface area contributed by atoms with E-state index in [4.69, 9.17) is 0 Å². The number of sulfonamides is 1. The van der Waals surface area contributed by atoms with Gasteiger partial charge in [0.1, 0.15) is 0 Å². The van der Waals surface area contributed by atoms with Crippen molar-refractivity contribution in [2.24, 2.45) is 0 Å². The minimum absolute atomic E-state index is 0.0401. The van der Waals surface area contributed by atoms with Gasteiger partial charge in [0.05, 0.1) is 4.90 Å². The summed E-state index contributed by atoms with van der Waals surface area (Å²) in [5.41, 5.74) is 3.08. The van der Waals surface area contributed by atoms with Gasteiger partial charge in [-0.05, 0) is 37.2 Å². The van der Waals surface area contributed by atoms with Gasteiger partial charge in [0.2, 0.25) is 0 Å². The summed E-state index contributed by atoms with van der Waals surface area (Å²) in [6.45, 7) is 3.19. The molecule has 2 aromatic rings. The summed E-state index contributed by atoms with van der Waals surface area (Å²) in [7, 11) is -3.57. The molecule has 1 atom stereocenters. The fourth-order valence-corrected chi connectivity index (χ4v) is 5.82. The zero-order chi connectivity index (χ0) is 19.7. The third-order valence-corrected chi connectivity index (χ3v) is 7.94. The molecular formula is C20H27N3O2S3. The molecule has 0 aromatic heterocycles. The van der Waals surface area contributed by atoms with E-state index in [-0.39, 0.29) is 10.9 Å². The van der Waals surface area contributed by atoms with Crippen molar-refractivity contribution in [2.45, 2.75) is 22.3 Å². The molecule has 0 aliphatic carbocycles. The summed E-state index contributed by atoms with van der Waals surface area (Å²) in [5.74, 6) is 3.15. The topological polar surface area (TPSA) is 61.4 Å². The van der Waals surface area contributed by atoms with Crippen molar-refractivity contribution < 1.29 is 8.42 Å². The molecule has 0 saturated carbocycles. The SMILES string of the molecule is O=S(=O)(NNC(CCN1CCSCC1)CSc1ccccc1)c1ccccc1. The van der Waals surface area contributed by atoms with Gasteiger partial charge >= 0.3 is 0 Å². The molecule has 8 heteroatoms. The number of rotatable bonds is 10. The molecule has 3 rings (SSSR count). The van der Waals surface area contributed by atoms with E-state index in [1.54, 1.807) is 36.0 Å². The predicted molar refractivity (Wildman–Crippen MR) is 119 cm³/mol. The van der Waals surface area contributed by atoms with Crippen LogP contribution >= 0.6 is 23.5 Å². The Morgan fingerprint density at radius 2 is 1.64 bits per heavy atom. The van der Waals surface area contributed by atoms with E-state index in [9.17, 15) is 8.42 Å². The third-order valence-electron chi connectivity index (χ3n) is 4.54. The molecule has 0 amide bonds. The van der Waals surface area contributed by atoms with Gasteiger partial charge in [0, 0.05) is 41.3 Å². The Balaban J connectivity index is 1.57. The summed E-state index contributed by atoms with van der Waals surface area (Å²) >= 11 is 3.74. The van der Waals surface area contributed by atoms with Gasteiger partial charge in [0.15, 0.2) is 0 Å². The van der Waals surface area contributed by atoms with Gasteiger partial charge in [-0.1, -0.05) is 36.4 Å². The molecule has 1 heterocycles. The molecule has 0 spiro atoms. The van der Waals surface area contributed by atoms with Crippen LogP contribution in [-0.2, 0) is 10.0 Å². The number of hydrazine groups is 1.